The Morgan fingerprint density at radius 2 is 2.24 bits per heavy atom. The van der Waals surface area contributed by atoms with Gasteiger partial charge in [-0.1, -0.05) is 23.2 Å². The number of hydrogen-bond acceptors (Lipinski definition) is 4. The van der Waals surface area contributed by atoms with Gasteiger partial charge in [0.05, 0.1) is 6.10 Å². The SMILES string of the molecule is COC(C)CCC(=O)Nc1ncnc(Cl)c1Cl. The standard InChI is InChI=1S/C10H13Cl2N3O2/c1-6(17-2)3-4-7(16)15-10-8(11)9(12)13-5-14-10/h5-6H,3-4H2,1-2H3,(H,13,14,15,16). The molecule has 1 amide bonds. The highest BCUT2D eigenvalue weighted by atomic mass is 35.5. The van der Waals surface area contributed by atoms with Crippen molar-refractivity contribution >= 4 is 34.9 Å². The van der Waals surface area contributed by atoms with Crippen molar-refractivity contribution in [3.63, 3.8) is 0 Å². The molecule has 0 saturated heterocycles. The van der Waals surface area contributed by atoms with Crippen LogP contribution in [0.1, 0.15) is 19.8 Å². The molecule has 17 heavy (non-hydrogen) atoms. The van der Waals surface area contributed by atoms with Crippen molar-refractivity contribution in [1.82, 2.24) is 9.97 Å². The molecule has 0 bridgehead atoms. The minimum Gasteiger partial charge on any atom is -0.382 e. The van der Waals surface area contributed by atoms with Crippen molar-refractivity contribution in [2.24, 2.45) is 0 Å². The summed E-state index contributed by atoms with van der Waals surface area (Å²) in [6.45, 7) is 1.89. The average Bonchev–Trinajstić information content (AvgIpc) is 2.32. The number of carbonyl (C=O) groups excluding carboxylic acids is 1. The highest BCUT2D eigenvalue weighted by Crippen LogP contribution is 2.25. The summed E-state index contributed by atoms with van der Waals surface area (Å²) in [5, 5.41) is 2.82. The lowest BCUT2D eigenvalue weighted by molar-refractivity contribution is -0.116. The van der Waals surface area contributed by atoms with Gasteiger partial charge in [0.1, 0.15) is 11.3 Å². The first-order chi connectivity index (χ1) is 8.04. The molecular formula is C10H13Cl2N3O2. The zero-order valence-electron chi connectivity index (χ0n) is 9.54. The third kappa shape index (κ3) is 4.46. The second kappa shape index (κ2) is 6.74. The molecule has 1 aromatic rings. The summed E-state index contributed by atoms with van der Waals surface area (Å²) in [6.07, 6.45) is 2.22. The van der Waals surface area contributed by atoms with Crippen LogP contribution >= 0.6 is 23.2 Å². The van der Waals surface area contributed by atoms with Gasteiger partial charge in [0.15, 0.2) is 11.0 Å². The molecule has 1 rings (SSSR count). The average molecular weight is 278 g/mol. The number of methoxy groups -OCH3 is 1. The number of amides is 1. The normalized spacial score (nSPS) is 12.2. The van der Waals surface area contributed by atoms with E-state index in [4.69, 9.17) is 27.9 Å². The van der Waals surface area contributed by atoms with Crippen LogP contribution < -0.4 is 5.32 Å². The highest BCUT2D eigenvalue weighted by molar-refractivity contribution is 6.42. The molecule has 0 radical (unpaired) electrons. The molecule has 0 saturated carbocycles. The van der Waals surface area contributed by atoms with E-state index in [1.165, 1.54) is 6.33 Å². The predicted molar refractivity (Wildman–Crippen MR) is 66.4 cm³/mol. The summed E-state index contributed by atoms with van der Waals surface area (Å²) >= 11 is 11.5. The van der Waals surface area contributed by atoms with Gasteiger partial charge in [-0.05, 0) is 13.3 Å². The van der Waals surface area contributed by atoms with Gasteiger partial charge in [-0.25, -0.2) is 9.97 Å². The van der Waals surface area contributed by atoms with Crippen molar-refractivity contribution in [3.8, 4) is 0 Å². The third-order valence-electron chi connectivity index (χ3n) is 2.19. The van der Waals surface area contributed by atoms with Crippen LogP contribution in [0.3, 0.4) is 0 Å². The van der Waals surface area contributed by atoms with Crippen molar-refractivity contribution < 1.29 is 9.53 Å². The summed E-state index contributed by atoms with van der Waals surface area (Å²) in [4.78, 5) is 19.1. The topological polar surface area (TPSA) is 64.1 Å². The van der Waals surface area contributed by atoms with Gasteiger partial charge in [0.25, 0.3) is 0 Å². The molecule has 0 aliphatic rings. The molecule has 0 aliphatic heterocycles. The zero-order chi connectivity index (χ0) is 12.8. The molecule has 0 aromatic carbocycles. The summed E-state index contributed by atoms with van der Waals surface area (Å²) in [7, 11) is 1.60. The van der Waals surface area contributed by atoms with Crippen LogP contribution in [0.25, 0.3) is 0 Å². The molecule has 1 N–H and O–H groups in total. The van der Waals surface area contributed by atoms with Crippen molar-refractivity contribution in [2.45, 2.75) is 25.9 Å². The van der Waals surface area contributed by atoms with Crippen LogP contribution in [0.5, 0.6) is 0 Å². The van der Waals surface area contributed by atoms with Gasteiger partial charge in [-0.3, -0.25) is 4.79 Å². The number of ether oxygens (including phenoxy) is 1. The van der Waals surface area contributed by atoms with E-state index in [0.717, 1.165) is 0 Å². The number of anilines is 1. The molecule has 0 fully saturated rings. The van der Waals surface area contributed by atoms with Crippen molar-refractivity contribution in [3.05, 3.63) is 16.5 Å². The van der Waals surface area contributed by atoms with Gasteiger partial charge in [0, 0.05) is 13.5 Å². The predicted octanol–water partition coefficient (Wildman–Crippen LogP) is 2.54. The van der Waals surface area contributed by atoms with E-state index in [1.54, 1.807) is 7.11 Å². The summed E-state index contributed by atoms with van der Waals surface area (Å²) in [5.41, 5.74) is 0. The van der Waals surface area contributed by atoms with Crippen LogP contribution in [0.2, 0.25) is 10.2 Å². The first kappa shape index (κ1) is 14.2. The van der Waals surface area contributed by atoms with Gasteiger partial charge < -0.3 is 10.1 Å². The minimum atomic E-state index is -0.189. The number of nitrogens with one attached hydrogen (secondary N) is 1. The Morgan fingerprint density at radius 1 is 1.53 bits per heavy atom. The van der Waals surface area contributed by atoms with E-state index in [-0.39, 0.29) is 28.0 Å². The van der Waals surface area contributed by atoms with Crippen LogP contribution in [-0.4, -0.2) is 29.1 Å². The van der Waals surface area contributed by atoms with Gasteiger partial charge in [-0.2, -0.15) is 0 Å². The minimum absolute atomic E-state index is 0.0326. The van der Waals surface area contributed by atoms with Gasteiger partial charge in [-0.15, -0.1) is 0 Å². The molecule has 1 unspecified atom stereocenters. The molecule has 1 aromatic heterocycles. The Bertz CT molecular complexity index is 401. The lowest BCUT2D eigenvalue weighted by Gasteiger charge is -2.09. The summed E-state index contributed by atoms with van der Waals surface area (Å²) < 4.78 is 5.04. The molecule has 0 spiro atoms. The molecule has 7 heteroatoms. The Balaban J connectivity index is 2.54. The molecular weight excluding hydrogens is 265 g/mol. The van der Waals surface area contributed by atoms with E-state index < -0.39 is 0 Å². The Kier molecular flexibility index (Phi) is 5.61. The lowest BCUT2D eigenvalue weighted by atomic mass is 10.2. The van der Waals surface area contributed by atoms with Crippen LogP contribution in [-0.2, 0) is 9.53 Å². The van der Waals surface area contributed by atoms with Gasteiger partial charge >= 0.3 is 0 Å². The fourth-order valence-corrected chi connectivity index (χ4v) is 1.36. The lowest BCUT2D eigenvalue weighted by Crippen LogP contribution is -2.16. The highest BCUT2D eigenvalue weighted by Gasteiger charge is 2.11. The smallest absolute Gasteiger partial charge is 0.225 e. The summed E-state index contributed by atoms with van der Waals surface area (Å²) in [5.74, 6) is 0.0345. The number of rotatable bonds is 5. The molecule has 0 aliphatic carbocycles. The number of carbonyl (C=O) groups is 1. The van der Waals surface area contributed by atoms with E-state index in [1.807, 2.05) is 6.92 Å². The maximum Gasteiger partial charge on any atom is 0.225 e. The fourth-order valence-electron chi connectivity index (χ4n) is 1.08. The maximum absolute atomic E-state index is 11.6. The quantitative estimate of drug-likeness (QED) is 0.840. The van der Waals surface area contributed by atoms with Crippen LogP contribution in [0.4, 0.5) is 5.82 Å². The number of aromatic nitrogens is 2. The largest absolute Gasteiger partial charge is 0.382 e. The molecule has 5 nitrogen and oxygen atoms in total. The maximum atomic E-state index is 11.6. The van der Waals surface area contributed by atoms with E-state index in [0.29, 0.717) is 12.8 Å². The van der Waals surface area contributed by atoms with Gasteiger partial charge in [0.2, 0.25) is 5.91 Å². The van der Waals surface area contributed by atoms with Crippen molar-refractivity contribution in [1.29, 1.82) is 0 Å². The molecule has 1 atom stereocenters. The fraction of sp³-hybridized carbons (Fsp3) is 0.500. The Morgan fingerprint density at radius 3 is 2.88 bits per heavy atom. The van der Waals surface area contributed by atoms with Crippen LogP contribution in [0.15, 0.2) is 6.33 Å². The van der Waals surface area contributed by atoms with E-state index >= 15 is 0 Å². The van der Waals surface area contributed by atoms with E-state index in [9.17, 15) is 4.79 Å². The monoisotopic (exact) mass is 277 g/mol. The van der Waals surface area contributed by atoms with Crippen LogP contribution in [0, 0.1) is 0 Å². The summed E-state index contributed by atoms with van der Waals surface area (Å²) in [6, 6.07) is 0. The molecule has 1 heterocycles. The first-order valence-corrected chi connectivity index (χ1v) is 5.78. The third-order valence-corrected chi connectivity index (χ3v) is 2.93. The Labute approximate surface area is 109 Å². The Hall–Kier alpha value is -0.910. The number of halogens is 2. The zero-order valence-corrected chi connectivity index (χ0v) is 11.0. The number of nitrogens with zero attached hydrogens (tertiary/aromatic N) is 2. The second-order valence-electron chi connectivity index (χ2n) is 3.46. The second-order valence-corrected chi connectivity index (χ2v) is 4.20. The first-order valence-electron chi connectivity index (χ1n) is 5.03. The molecule has 94 valence electrons. The number of hydrogen-bond donors (Lipinski definition) is 1. The van der Waals surface area contributed by atoms with Crippen molar-refractivity contribution in [2.75, 3.05) is 12.4 Å². The van der Waals surface area contributed by atoms with E-state index in [2.05, 4.69) is 15.3 Å².